The number of nitrogens with zero attached hydrogens (tertiary/aromatic N) is 2. The second-order valence-corrected chi connectivity index (χ2v) is 11.2. The van der Waals surface area contributed by atoms with Gasteiger partial charge in [-0.2, -0.15) is 0 Å². The summed E-state index contributed by atoms with van der Waals surface area (Å²) < 4.78 is 2.24. The number of hydrogen-bond acceptors (Lipinski definition) is 2. The van der Waals surface area contributed by atoms with Crippen LogP contribution in [-0.4, -0.2) is 9.38 Å². The van der Waals surface area contributed by atoms with Crippen molar-refractivity contribution < 1.29 is 0 Å². The molecule has 28 heavy (non-hydrogen) atoms. The van der Waals surface area contributed by atoms with Crippen LogP contribution in [0.3, 0.4) is 0 Å². The van der Waals surface area contributed by atoms with Gasteiger partial charge in [0.05, 0.1) is 6.20 Å². The van der Waals surface area contributed by atoms with Crippen molar-refractivity contribution in [2.75, 3.05) is 0 Å². The van der Waals surface area contributed by atoms with Crippen LogP contribution in [0.25, 0.3) is 4.83 Å². The van der Waals surface area contributed by atoms with Crippen molar-refractivity contribution in [3.63, 3.8) is 0 Å². The van der Waals surface area contributed by atoms with E-state index in [1.54, 1.807) is 11.3 Å². The van der Waals surface area contributed by atoms with E-state index in [2.05, 4.69) is 107 Å². The minimum absolute atomic E-state index is 0.899. The Morgan fingerprint density at radius 3 is 1.71 bits per heavy atom. The Kier molecular flexibility index (Phi) is 4.56. The fourth-order valence-electron chi connectivity index (χ4n) is 3.89. The van der Waals surface area contributed by atoms with Crippen LogP contribution in [0.1, 0.15) is 5.82 Å². The molecule has 5 aromatic rings. The molecule has 0 radical (unpaired) electrons. The lowest BCUT2D eigenvalue weighted by atomic mass is 10.4. The molecular weight excluding hydrogens is 379 g/mol. The van der Waals surface area contributed by atoms with Crippen molar-refractivity contribution >= 4 is 39.3 Å². The summed E-state index contributed by atoms with van der Waals surface area (Å²) in [6.45, 7) is 0. The SMILES string of the molecule is c1ccc([P+](Cc2ncc3sccn23)(c2ccccc2)c2ccccc2)cc1. The van der Waals surface area contributed by atoms with Gasteiger partial charge in [-0.05, 0) is 36.4 Å². The van der Waals surface area contributed by atoms with Crippen LogP contribution in [-0.2, 0) is 6.16 Å². The molecule has 0 N–H and O–H groups in total. The third kappa shape index (κ3) is 2.88. The minimum atomic E-state index is -1.90. The predicted molar refractivity (Wildman–Crippen MR) is 122 cm³/mol. The molecule has 0 fully saturated rings. The molecule has 2 heterocycles. The smallest absolute Gasteiger partial charge is 0.152 e. The lowest BCUT2D eigenvalue weighted by Gasteiger charge is -2.27. The third-order valence-electron chi connectivity index (χ3n) is 5.21. The molecular formula is C24H20N2PS+. The van der Waals surface area contributed by atoms with Gasteiger partial charge in [0.1, 0.15) is 34.2 Å². The molecule has 0 aliphatic rings. The molecule has 2 aromatic heterocycles. The van der Waals surface area contributed by atoms with Gasteiger partial charge in [-0.15, -0.1) is 11.3 Å². The zero-order chi connectivity index (χ0) is 18.8. The van der Waals surface area contributed by atoms with E-state index in [4.69, 9.17) is 4.98 Å². The van der Waals surface area contributed by atoms with Crippen LogP contribution in [0, 0.1) is 0 Å². The van der Waals surface area contributed by atoms with E-state index in [9.17, 15) is 0 Å². The number of aromatic nitrogens is 2. The first-order valence-corrected chi connectivity index (χ1v) is 12.2. The summed E-state index contributed by atoms with van der Waals surface area (Å²) in [5, 5.41) is 6.30. The van der Waals surface area contributed by atoms with Crippen molar-refractivity contribution in [3.05, 3.63) is 115 Å². The highest BCUT2D eigenvalue weighted by Crippen LogP contribution is 2.57. The molecule has 0 aliphatic carbocycles. The first kappa shape index (κ1) is 17.4. The fraction of sp³-hybridized carbons (Fsp3) is 0.0417. The van der Waals surface area contributed by atoms with Gasteiger partial charge >= 0.3 is 0 Å². The quantitative estimate of drug-likeness (QED) is 0.385. The molecule has 0 amide bonds. The Bertz CT molecular complexity index is 1080. The maximum absolute atomic E-state index is 4.82. The van der Waals surface area contributed by atoms with Gasteiger partial charge in [0.25, 0.3) is 0 Å². The Morgan fingerprint density at radius 1 is 0.714 bits per heavy atom. The third-order valence-corrected chi connectivity index (χ3v) is 10.3. The largest absolute Gasteiger partial charge is 0.291 e. The molecule has 3 aromatic carbocycles. The van der Waals surface area contributed by atoms with Crippen LogP contribution >= 0.6 is 18.6 Å². The topological polar surface area (TPSA) is 17.3 Å². The lowest BCUT2D eigenvalue weighted by molar-refractivity contribution is 1.03. The molecule has 2 nitrogen and oxygen atoms in total. The summed E-state index contributed by atoms with van der Waals surface area (Å²) >= 11 is 1.73. The maximum atomic E-state index is 4.82. The zero-order valence-corrected chi connectivity index (χ0v) is 17.1. The predicted octanol–water partition coefficient (Wildman–Crippen LogP) is 4.89. The minimum Gasteiger partial charge on any atom is -0.291 e. The number of fused-ring (bicyclic) bond motifs is 1. The van der Waals surface area contributed by atoms with Gasteiger partial charge in [-0.3, -0.25) is 4.40 Å². The van der Waals surface area contributed by atoms with Gasteiger partial charge < -0.3 is 0 Å². The first-order valence-electron chi connectivity index (χ1n) is 9.32. The van der Waals surface area contributed by atoms with Gasteiger partial charge in [0.2, 0.25) is 0 Å². The number of benzene rings is 3. The Labute approximate surface area is 169 Å². The number of rotatable bonds is 5. The molecule has 0 aliphatic heterocycles. The maximum Gasteiger partial charge on any atom is 0.152 e. The van der Waals surface area contributed by atoms with Crippen LogP contribution in [0.15, 0.2) is 109 Å². The van der Waals surface area contributed by atoms with E-state index >= 15 is 0 Å². The van der Waals surface area contributed by atoms with Crippen LogP contribution in [0.4, 0.5) is 0 Å². The molecule has 0 saturated heterocycles. The summed E-state index contributed by atoms with van der Waals surface area (Å²) in [4.78, 5) is 6.01. The van der Waals surface area contributed by atoms with Gasteiger partial charge in [-0.1, -0.05) is 54.6 Å². The molecule has 0 saturated carbocycles. The van der Waals surface area contributed by atoms with Gasteiger partial charge in [0, 0.05) is 11.6 Å². The van der Waals surface area contributed by atoms with E-state index in [1.807, 2.05) is 6.20 Å². The highest BCUT2D eigenvalue weighted by molar-refractivity contribution is 7.95. The van der Waals surface area contributed by atoms with Crippen molar-refractivity contribution in [1.29, 1.82) is 0 Å². The summed E-state index contributed by atoms with van der Waals surface area (Å²) in [5.74, 6) is 1.13. The van der Waals surface area contributed by atoms with E-state index in [0.29, 0.717) is 0 Å². The van der Waals surface area contributed by atoms with Crippen LogP contribution < -0.4 is 15.9 Å². The standard InChI is InChI=1S/C24H20N2PS/c1-4-10-20(11-5-1)27(21-12-6-2-7-13-21,22-14-8-3-9-15-22)19-23-25-18-24-26(23)16-17-28-24/h1-18H,19H2/q+1. The Morgan fingerprint density at radius 2 is 1.21 bits per heavy atom. The lowest BCUT2D eigenvalue weighted by Crippen LogP contribution is -2.32. The molecule has 0 unspecified atom stereocenters. The zero-order valence-electron chi connectivity index (χ0n) is 15.3. The number of hydrogen-bond donors (Lipinski definition) is 0. The fourth-order valence-corrected chi connectivity index (χ4v) is 8.75. The number of thiazole rings is 1. The van der Waals surface area contributed by atoms with Crippen LogP contribution in [0.5, 0.6) is 0 Å². The molecule has 5 rings (SSSR count). The second-order valence-electron chi connectivity index (χ2n) is 6.76. The van der Waals surface area contributed by atoms with E-state index in [-0.39, 0.29) is 0 Å². The van der Waals surface area contributed by atoms with Gasteiger partial charge in [0.15, 0.2) is 5.82 Å². The van der Waals surface area contributed by atoms with Crippen molar-refractivity contribution in [2.45, 2.75) is 6.16 Å². The Hall–Kier alpha value is -2.74. The van der Waals surface area contributed by atoms with Crippen molar-refractivity contribution in [1.82, 2.24) is 9.38 Å². The molecule has 4 heteroatoms. The summed E-state index contributed by atoms with van der Waals surface area (Å²) in [7, 11) is -1.90. The first-order chi connectivity index (χ1) is 13.9. The van der Waals surface area contributed by atoms with Crippen molar-refractivity contribution in [2.24, 2.45) is 0 Å². The van der Waals surface area contributed by atoms with E-state index < -0.39 is 7.26 Å². The normalized spacial score (nSPS) is 11.7. The van der Waals surface area contributed by atoms with E-state index in [0.717, 1.165) is 12.0 Å². The molecule has 0 spiro atoms. The molecule has 0 atom stereocenters. The highest BCUT2D eigenvalue weighted by atomic mass is 32.1. The average Bonchev–Trinajstić information content (AvgIpc) is 3.39. The van der Waals surface area contributed by atoms with Crippen LogP contribution in [0.2, 0.25) is 0 Å². The monoisotopic (exact) mass is 399 g/mol. The summed E-state index contributed by atoms with van der Waals surface area (Å²) in [5.41, 5.74) is 0. The molecule has 136 valence electrons. The van der Waals surface area contributed by atoms with E-state index in [1.165, 1.54) is 20.7 Å². The summed E-state index contributed by atoms with van der Waals surface area (Å²) in [6, 6.07) is 32.9. The number of imidazole rings is 1. The van der Waals surface area contributed by atoms with Gasteiger partial charge in [-0.25, -0.2) is 4.98 Å². The average molecular weight is 399 g/mol. The molecule has 0 bridgehead atoms. The summed E-state index contributed by atoms with van der Waals surface area (Å²) in [6.07, 6.45) is 5.03. The second kappa shape index (κ2) is 7.35. The van der Waals surface area contributed by atoms with Crippen molar-refractivity contribution in [3.8, 4) is 0 Å². The Balaban J connectivity index is 1.80. The highest BCUT2D eigenvalue weighted by Gasteiger charge is 2.46.